The van der Waals surface area contributed by atoms with Gasteiger partial charge in [0.1, 0.15) is 30.0 Å². The number of hydrogen-bond acceptors (Lipinski definition) is 38. The van der Waals surface area contributed by atoms with Crippen molar-refractivity contribution in [3.8, 4) is 0 Å². The molecule has 133 heavy (non-hydrogen) atoms. The van der Waals surface area contributed by atoms with Gasteiger partial charge >= 0.3 is 0 Å². The van der Waals surface area contributed by atoms with E-state index in [-0.39, 0.29) is 268 Å². The lowest BCUT2D eigenvalue weighted by Gasteiger charge is -2.36. The molecular weight excluding hydrogens is 1760 g/mol. The van der Waals surface area contributed by atoms with Gasteiger partial charge in [0.15, 0.2) is 12.6 Å². The first-order chi connectivity index (χ1) is 64.5. The molecule has 3 fully saturated rings. The summed E-state index contributed by atoms with van der Waals surface area (Å²) in [6, 6.07) is 0. The molecule has 19 N–H and O–H groups in total. The summed E-state index contributed by atoms with van der Waals surface area (Å²) in [5, 5.41) is 115. The number of unbranched alkanes of at least 4 members (excludes halogenated alkanes) is 3. The minimum Gasteiger partial charge on any atom is -0.396 e. The average molecular weight is 1910 g/mol. The van der Waals surface area contributed by atoms with Crippen LogP contribution in [0.2, 0.25) is 0 Å². The number of rotatable bonds is 83. The number of imide groups is 1. The number of hydrogen-bond donors (Lipinski definition) is 18. The van der Waals surface area contributed by atoms with Gasteiger partial charge in [0.05, 0.1) is 201 Å². The van der Waals surface area contributed by atoms with E-state index in [4.69, 9.17) is 81.6 Å². The zero-order valence-corrected chi connectivity index (χ0v) is 76.9. The first kappa shape index (κ1) is 118. The van der Waals surface area contributed by atoms with Gasteiger partial charge in [-0.15, -0.1) is 0 Å². The summed E-state index contributed by atoms with van der Waals surface area (Å²) in [5.41, 5.74) is -1.24. The van der Waals surface area contributed by atoms with E-state index in [0.717, 1.165) is 4.90 Å². The van der Waals surface area contributed by atoms with Crippen LogP contribution in [0.1, 0.15) is 141 Å². The number of aliphatic hydroxyl groups excluding tert-OH is 9. The number of nitrogens with two attached hydrogens (primary N) is 1. The lowest BCUT2D eigenvalue weighted by atomic mass is 9.83. The molecule has 2 saturated heterocycles. The first-order valence-corrected chi connectivity index (χ1v) is 46.4. The summed E-state index contributed by atoms with van der Waals surface area (Å²) in [7, 11) is 0. The minimum absolute atomic E-state index is 0.0194. The molecule has 3 heterocycles. The lowest BCUT2D eigenvalue weighted by molar-refractivity contribution is -0.257. The third kappa shape index (κ3) is 57.6. The summed E-state index contributed by atoms with van der Waals surface area (Å²) in [5.74, 6) is 1.98. The highest BCUT2D eigenvalue weighted by Crippen LogP contribution is 2.28. The Bertz CT molecular complexity index is 3050. The van der Waals surface area contributed by atoms with Crippen LogP contribution >= 0.6 is 0 Å². The van der Waals surface area contributed by atoms with Crippen molar-refractivity contribution in [3.05, 3.63) is 12.2 Å². The molecule has 47 nitrogen and oxygen atoms in total. The van der Waals surface area contributed by atoms with Crippen LogP contribution in [0, 0.1) is 5.92 Å². The zero-order valence-electron chi connectivity index (χ0n) is 76.9. The van der Waals surface area contributed by atoms with E-state index in [2.05, 4.69) is 52.6 Å². The number of nitrogens with zero attached hydrogens (tertiary/aromatic N) is 3. The van der Waals surface area contributed by atoms with Crippen molar-refractivity contribution in [1.82, 2.24) is 47.4 Å². The van der Waals surface area contributed by atoms with Crippen LogP contribution in [-0.2, 0) is 124 Å². The Labute approximate surface area is 777 Å². The lowest BCUT2D eigenvalue weighted by Crippen LogP contribution is -2.58. The molecule has 12 atom stereocenters. The third-order valence-corrected chi connectivity index (χ3v) is 20.9. The highest BCUT2D eigenvalue weighted by Gasteiger charge is 2.40. The highest BCUT2D eigenvalue weighted by atomic mass is 16.7. The SMILES string of the molecule is NN=C(C=NCCOCCOCCOCCOCCOCCOCCOCCOCCC(=O)NCCN1C(=O)C=CC1=O)CCC(=O)NC(COCCC(=O)NCCCNC(=O)CCCCO[C@@H]1C[C@H](CO)[C@H](O)[C@H](O)C1)(COCCC(=O)NCCCNC(=O)CCCCO[C@H]1C[C@@H](O)[C@@H](O)[C@@H](CO)O1)COCCC(=O)NCCCNC(=O)CCCCO[C@H]1C[C@@H](O)[C@@H](O)[C@@H](CO)O1. The van der Waals surface area contributed by atoms with Crippen molar-refractivity contribution in [2.45, 2.75) is 214 Å². The summed E-state index contributed by atoms with van der Waals surface area (Å²) < 4.78 is 90.7. The average Bonchev–Trinajstić information content (AvgIpc) is 1.82. The van der Waals surface area contributed by atoms with Crippen molar-refractivity contribution in [2.75, 3.05) is 244 Å². The second-order valence-electron chi connectivity index (χ2n) is 32.0. The smallest absolute Gasteiger partial charge is 0.253 e. The van der Waals surface area contributed by atoms with Gasteiger partial charge in [0, 0.05) is 180 Å². The molecule has 766 valence electrons. The van der Waals surface area contributed by atoms with Gasteiger partial charge in [-0.2, -0.15) is 5.10 Å². The predicted octanol–water partition coefficient (Wildman–Crippen LogP) is -5.63. The number of ether oxygens (including phenoxy) is 16. The third-order valence-electron chi connectivity index (χ3n) is 20.9. The Morgan fingerprint density at radius 3 is 1.08 bits per heavy atom. The van der Waals surface area contributed by atoms with Crippen LogP contribution < -0.4 is 48.4 Å². The van der Waals surface area contributed by atoms with Gasteiger partial charge in [-0.25, -0.2) is 0 Å². The topological polar surface area (TPSA) is 651 Å². The van der Waals surface area contributed by atoms with Crippen LogP contribution in [0.25, 0.3) is 0 Å². The summed E-state index contributed by atoms with van der Waals surface area (Å²) in [4.78, 5) is 132. The number of hydrazone groups is 1. The second kappa shape index (κ2) is 75.8. The van der Waals surface area contributed by atoms with Crippen molar-refractivity contribution >= 4 is 71.0 Å². The van der Waals surface area contributed by atoms with Gasteiger partial charge < -0.3 is 170 Å². The molecule has 0 unspecified atom stereocenters. The van der Waals surface area contributed by atoms with E-state index in [9.17, 15) is 93.9 Å². The Hall–Kier alpha value is -7.22. The minimum atomic E-state index is -1.51. The van der Waals surface area contributed by atoms with E-state index in [1.807, 2.05) is 0 Å². The number of nitrogens with one attached hydrogen (secondary N) is 8. The van der Waals surface area contributed by atoms with Crippen LogP contribution in [0.5, 0.6) is 0 Å². The number of aliphatic hydroxyl groups is 9. The van der Waals surface area contributed by atoms with Gasteiger partial charge in [-0.05, 0) is 64.2 Å². The van der Waals surface area contributed by atoms with Crippen LogP contribution in [0.3, 0.4) is 0 Å². The van der Waals surface area contributed by atoms with Gasteiger partial charge in [-0.1, -0.05) is 0 Å². The second-order valence-corrected chi connectivity index (χ2v) is 32.0. The van der Waals surface area contributed by atoms with E-state index >= 15 is 0 Å². The summed E-state index contributed by atoms with van der Waals surface area (Å²) >= 11 is 0. The quantitative estimate of drug-likeness (QED) is 0.00887. The van der Waals surface area contributed by atoms with Gasteiger partial charge in [-0.3, -0.25) is 57.8 Å². The van der Waals surface area contributed by atoms with Crippen LogP contribution in [0.4, 0.5) is 0 Å². The fraction of sp³-hybridized carbons (Fsp3) is 0.837. The first-order valence-electron chi connectivity index (χ1n) is 46.4. The molecule has 47 heteroatoms. The predicted molar refractivity (Wildman–Crippen MR) is 473 cm³/mol. The molecule has 10 amide bonds. The van der Waals surface area contributed by atoms with Crippen molar-refractivity contribution in [2.24, 2.45) is 21.9 Å². The zero-order chi connectivity index (χ0) is 96.6. The normalized spacial score (nSPS) is 21.0. The van der Waals surface area contributed by atoms with E-state index < -0.39 is 104 Å². The molecule has 4 rings (SSSR count). The van der Waals surface area contributed by atoms with Crippen molar-refractivity contribution in [3.63, 3.8) is 0 Å². The molecule has 1 saturated carbocycles. The molecular formula is C86H152N12O35. The molecule has 0 bridgehead atoms. The molecule has 0 aromatic heterocycles. The van der Waals surface area contributed by atoms with E-state index in [1.54, 1.807) is 0 Å². The monoisotopic (exact) mass is 1910 g/mol. The fourth-order valence-corrected chi connectivity index (χ4v) is 13.4. The Morgan fingerprint density at radius 1 is 0.376 bits per heavy atom. The number of carbonyl (C=O) groups excluding carboxylic acids is 10. The molecule has 0 spiro atoms. The standard InChI is InChI=1S/C86H152N12O35/c87-97-64(56-88-28-37-119-39-41-121-43-45-123-47-49-125-51-50-124-48-46-122-44-42-120-40-38-118-33-17-77(111)95-27-29-98-79(113)15-16-80(98)114)13-14-78(112)96-86(60-126-34-18-74(108)92-24-7-21-89-71(105)10-1-4-30-129-65-52-63(57-99)83(115)66(102)53-65,61-127-35-19-75(109)93-25-8-22-90-72(106)11-2-5-31-130-81-54-67(103)84(116)69(58-100)132-81)62-128-36-20-76(110)94-26-9-23-91-73(107)12-3-6-32-131-82-55-68(104)85(117)70(59-101)133-82/h15-16,56,63,65-70,81-85,99-104,115-117H,1-14,17-55,57-62,87H2,(H,89,105)(H,90,106)(H,91,107)(H,92,108)(H,93,109)(H,94,110)(H,95,111)(H,96,112)/t63-,65-,66-,67-,68-,69-,70-,81-,82-,83+,84-,85-/m1/s1. The molecule has 4 aliphatic rings. The molecule has 0 aromatic carbocycles. The van der Waals surface area contributed by atoms with Gasteiger partial charge in [0.2, 0.25) is 47.3 Å². The largest absolute Gasteiger partial charge is 0.396 e. The maximum absolute atomic E-state index is 14.1. The van der Waals surface area contributed by atoms with E-state index in [0.29, 0.717) is 157 Å². The van der Waals surface area contributed by atoms with E-state index in [1.165, 1.54) is 18.4 Å². The molecule has 1 aliphatic carbocycles. The Balaban J connectivity index is 1.19. The molecule has 0 aromatic rings. The van der Waals surface area contributed by atoms with Crippen molar-refractivity contribution < 1.29 is 170 Å². The van der Waals surface area contributed by atoms with Crippen LogP contribution in [-0.4, -0.2) is 439 Å². The van der Waals surface area contributed by atoms with Crippen molar-refractivity contribution in [1.29, 1.82) is 0 Å². The summed E-state index contributed by atoms with van der Waals surface area (Å²) in [6.45, 7) is 5.46. The highest BCUT2D eigenvalue weighted by molar-refractivity contribution is 6.30. The fourth-order valence-electron chi connectivity index (χ4n) is 13.4. The maximum atomic E-state index is 14.1. The van der Waals surface area contributed by atoms with Crippen LogP contribution in [0.15, 0.2) is 22.2 Å². The number of carbonyl (C=O) groups is 10. The maximum Gasteiger partial charge on any atom is 0.253 e. The Morgan fingerprint density at radius 2 is 0.714 bits per heavy atom. The summed E-state index contributed by atoms with van der Waals surface area (Å²) in [6.07, 6.45) is -1.41. The van der Waals surface area contributed by atoms with Gasteiger partial charge in [0.25, 0.3) is 11.8 Å². The number of aliphatic imine (C=N–C) groups is 1. The number of amides is 10. The Kier molecular flexibility index (Phi) is 67.3. The molecule has 3 aliphatic heterocycles. The molecule has 0 radical (unpaired) electrons.